The minimum Gasteiger partial charge on any atom is -0.462 e. The lowest BCUT2D eigenvalue weighted by atomic mass is 10.1. The molecule has 23 heavy (non-hydrogen) atoms. The van der Waals surface area contributed by atoms with E-state index in [1.54, 1.807) is 26.0 Å². The topological polar surface area (TPSA) is 84.5 Å². The molecular formula is C15H23ClN2O4S. The first kappa shape index (κ1) is 19.9. The molecule has 1 aliphatic heterocycles. The van der Waals surface area contributed by atoms with Gasteiger partial charge in [0.15, 0.2) is 0 Å². The highest BCUT2D eigenvalue weighted by Crippen LogP contribution is 2.19. The fraction of sp³-hybridized carbons (Fsp3) is 0.533. The predicted molar refractivity (Wildman–Crippen MR) is 90.6 cm³/mol. The van der Waals surface area contributed by atoms with Crippen LogP contribution in [-0.4, -0.2) is 40.1 Å². The van der Waals surface area contributed by atoms with Crippen LogP contribution in [0.2, 0.25) is 0 Å². The van der Waals surface area contributed by atoms with Gasteiger partial charge in [-0.2, -0.15) is 0 Å². The minimum atomic E-state index is -3.65. The van der Waals surface area contributed by atoms with Gasteiger partial charge in [-0.25, -0.2) is 17.9 Å². The maximum absolute atomic E-state index is 12.6. The van der Waals surface area contributed by atoms with Crippen LogP contribution in [-0.2, 0) is 14.8 Å². The van der Waals surface area contributed by atoms with Gasteiger partial charge in [0, 0.05) is 6.04 Å². The Morgan fingerprint density at radius 2 is 2.00 bits per heavy atom. The molecule has 1 saturated heterocycles. The van der Waals surface area contributed by atoms with E-state index in [9.17, 15) is 13.2 Å². The number of sulfonamides is 1. The van der Waals surface area contributed by atoms with Crippen molar-refractivity contribution in [2.24, 2.45) is 0 Å². The first-order valence-corrected chi connectivity index (χ1v) is 8.93. The quantitative estimate of drug-likeness (QED) is 0.777. The van der Waals surface area contributed by atoms with Crippen LogP contribution in [0.15, 0.2) is 23.1 Å². The van der Waals surface area contributed by atoms with Crippen molar-refractivity contribution in [2.45, 2.75) is 37.6 Å². The van der Waals surface area contributed by atoms with E-state index in [2.05, 4.69) is 10.0 Å². The molecule has 1 aliphatic rings. The largest absolute Gasteiger partial charge is 0.462 e. The maximum atomic E-state index is 12.6. The second-order valence-electron chi connectivity index (χ2n) is 5.35. The molecule has 0 amide bonds. The Morgan fingerprint density at radius 1 is 1.35 bits per heavy atom. The summed E-state index contributed by atoms with van der Waals surface area (Å²) in [5, 5.41) is 3.19. The van der Waals surface area contributed by atoms with E-state index in [4.69, 9.17) is 4.74 Å². The summed E-state index contributed by atoms with van der Waals surface area (Å²) in [4.78, 5) is 11.9. The number of rotatable bonds is 5. The van der Waals surface area contributed by atoms with Crippen LogP contribution in [0, 0.1) is 6.92 Å². The van der Waals surface area contributed by atoms with Gasteiger partial charge < -0.3 is 10.1 Å². The number of halogens is 1. The van der Waals surface area contributed by atoms with Gasteiger partial charge in [-0.3, -0.25) is 0 Å². The van der Waals surface area contributed by atoms with Crippen molar-refractivity contribution in [1.82, 2.24) is 10.0 Å². The molecule has 2 rings (SSSR count). The number of benzene rings is 1. The highest BCUT2D eigenvalue weighted by molar-refractivity contribution is 7.89. The highest BCUT2D eigenvalue weighted by atomic mass is 35.5. The lowest BCUT2D eigenvalue weighted by Crippen LogP contribution is -2.42. The van der Waals surface area contributed by atoms with Crippen LogP contribution in [0.3, 0.4) is 0 Å². The fourth-order valence-corrected chi connectivity index (χ4v) is 4.03. The Kier molecular flexibility index (Phi) is 7.47. The molecule has 0 unspecified atom stereocenters. The van der Waals surface area contributed by atoms with Gasteiger partial charge in [-0.15, -0.1) is 12.4 Å². The highest BCUT2D eigenvalue weighted by Gasteiger charge is 2.24. The smallest absolute Gasteiger partial charge is 0.338 e. The Labute approximate surface area is 143 Å². The molecule has 8 heteroatoms. The van der Waals surface area contributed by atoms with Crippen LogP contribution in [0.25, 0.3) is 0 Å². The number of piperidine rings is 1. The fourth-order valence-electron chi connectivity index (χ4n) is 2.45. The Bertz CT molecular complexity index is 643. The third-order valence-corrected chi connectivity index (χ3v) is 5.31. The lowest BCUT2D eigenvalue weighted by molar-refractivity contribution is 0.0526. The van der Waals surface area contributed by atoms with E-state index in [0.717, 1.165) is 25.9 Å². The van der Waals surface area contributed by atoms with Gasteiger partial charge in [0.25, 0.3) is 0 Å². The monoisotopic (exact) mass is 362 g/mol. The summed E-state index contributed by atoms with van der Waals surface area (Å²) in [5.74, 6) is -0.513. The summed E-state index contributed by atoms with van der Waals surface area (Å²) in [6.07, 6.45) is 1.52. The molecule has 0 saturated carbocycles. The van der Waals surface area contributed by atoms with Crippen LogP contribution in [0.5, 0.6) is 0 Å². The third kappa shape index (κ3) is 5.17. The van der Waals surface area contributed by atoms with E-state index >= 15 is 0 Å². The van der Waals surface area contributed by atoms with E-state index in [0.29, 0.717) is 5.56 Å². The number of ether oxygens (including phenoxy) is 1. The van der Waals surface area contributed by atoms with Gasteiger partial charge in [0.1, 0.15) is 0 Å². The molecule has 0 spiro atoms. The van der Waals surface area contributed by atoms with Gasteiger partial charge in [0.2, 0.25) is 10.0 Å². The molecule has 1 heterocycles. The van der Waals surface area contributed by atoms with Crippen molar-refractivity contribution in [1.29, 1.82) is 0 Å². The average molecular weight is 363 g/mol. The molecule has 1 aromatic carbocycles. The second kappa shape index (κ2) is 8.63. The van der Waals surface area contributed by atoms with Crippen molar-refractivity contribution in [2.75, 3.05) is 19.7 Å². The molecule has 6 nitrogen and oxygen atoms in total. The molecular weight excluding hydrogens is 340 g/mol. The first-order valence-electron chi connectivity index (χ1n) is 7.45. The summed E-state index contributed by atoms with van der Waals surface area (Å²) in [6, 6.07) is 4.52. The van der Waals surface area contributed by atoms with Crippen LogP contribution in [0.4, 0.5) is 0 Å². The Morgan fingerprint density at radius 3 is 2.61 bits per heavy atom. The van der Waals surface area contributed by atoms with E-state index in [1.165, 1.54) is 6.07 Å². The average Bonchev–Trinajstić information content (AvgIpc) is 2.48. The van der Waals surface area contributed by atoms with Crippen LogP contribution in [0.1, 0.15) is 35.7 Å². The number of hydrogen-bond donors (Lipinski definition) is 2. The van der Waals surface area contributed by atoms with Crippen molar-refractivity contribution >= 4 is 28.4 Å². The number of hydrogen-bond acceptors (Lipinski definition) is 5. The number of carbonyl (C=O) groups is 1. The van der Waals surface area contributed by atoms with Crippen molar-refractivity contribution < 1.29 is 17.9 Å². The van der Waals surface area contributed by atoms with E-state index in [1.807, 2.05) is 0 Å². The molecule has 0 bridgehead atoms. The Balaban J connectivity index is 0.00000264. The number of carbonyl (C=O) groups excluding carboxylic acids is 1. The summed E-state index contributed by atoms with van der Waals surface area (Å²) >= 11 is 0. The number of esters is 1. The third-order valence-electron chi connectivity index (χ3n) is 3.65. The molecule has 0 aliphatic carbocycles. The van der Waals surface area contributed by atoms with Gasteiger partial charge >= 0.3 is 5.97 Å². The summed E-state index contributed by atoms with van der Waals surface area (Å²) < 4.78 is 32.8. The molecule has 0 aromatic heterocycles. The molecule has 130 valence electrons. The van der Waals surface area contributed by atoms with E-state index in [-0.39, 0.29) is 35.5 Å². The van der Waals surface area contributed by atoms with Crippen molar-refractivity contribution in [3.8, 4) is 0 Å². The zero-order chi connectivity index (χ0) is 16.2. The van der Waals surface area contributed by atoms with Crippen molar-refractivity contribution in [3.05, 3.63) is 29.3 Å². The summed E-state index contributed by atoms with van der Waals surface area (Å²) in [5.41, 5.74) is 0.854. The lowest BCUT2D eigenvalue weighted by Gasteiger charge is -2.24. The van der Waals surface area contributed by atoms with E-state index < -0.39 is 16.0 Å². The predicted octanol–water partition coefficient (Wildman–Crippen LogP) is 1.62. The summed E-state index contributed by atoms with van der Waals surface area (Å²) in [7, 11) is -3.65. The number of aryl methyl sites for hydroxylation is 1. The molecule has 0 radical (unpaired) electrons. The van der Waals surface area contributed by atoms with Gasteiger partial charge in [-0.05, 0) is 57.5 Å². The SMILES string of the molecule is CCOC(=O)c1ccc(C)c(S(=O)(=O)NC2CCNCC2)c1.Cl. The second-order valence-corrected chi connectivity index (χ2v) is 7.03. The Hall–Kier alpha value is -1.15. The first-order chi connectivity index (χ1) is 10.4. The molecule has 1 aromatic rings. The van der Waals surface area contributed by atoms with Crippen LogP contribution >= 0.6 is 12.4 Å². The molecule has 2 N–H and O–H groups in total. The normalized spacial score (nSPS) is 15.7. The van der Waals surface area contributed by atoms with Crippen molar-refractivity contribution in [3.63, 3.8) is 0 Å². The van der Waals surface area contributed by atoms with Gasteiger partial charge in [0.05, 0.1) is 17.1 Å². The maximum Gasteiger partial charge on any atom is 0.338 e. The van der Waals surface area contributed by atoms with Crippen LogP contribution < -0.4 is 10.0 Å². The zero-order valence-corrected chi connectivity index (χ0v) is 14.9. The molecule has 0 atom stereocenters. The van der Waals surface area contributed by atoms with Gasteiger partial charge in [-0.1, -0.05) is 6.07 Å². The minimum absolute atomic E-state index is 0. The number of nitrogens with one attached hydrogen (secondary N) is 2. The molecule has 1 fully saturated rings. The standard InChI is InChI=1S/C15H22N2O4S.ClH/c1-3-21-15(18)12-5-4-11(2)14(10-12)22(19,20)17-13-6-8-16-9-7-13;/h4-5,10,13,16-17H,3,6-9H2,1-2H3;1H. The summed E-state index contributed by atoms with van der Waals surface area (Å²) in [6.45, 7) is 5.28. The zero-order valence-electron chi connectivity index (χ0n) is 13.3.